The van der Waals surface area contributed by atoms with E-state index in [1.165, 1.54) is 16.5 Å². The fraction of sp³-hybridized carbons (Fsp3) is 0.500. The molecule has 2 aromatic rings. The highest BCUT2D eigenvalue weighted by Gasteiger charge is 2.16. The van der Waals surface area contributed by atoms with Crippen molar-refractivity contribution < 1.29 is 0 Å². The van der Waals surface area contributed by atoms with E-state index in [-0.39, 0.29) is 5.41 Å². The number of nitriles is 1. The monoisotopic (exact) mass is 283 g/mol. The molecule has 1 aromatic heterocycles. The van der Waals surface area contributed by atoms with Crippen LogP contribution in [0.25, 0.3) is 10.9 Å². The average molecular weight is 283 g/mol. The predicted molar refractivity (Wildman–Crippen MR) is 87.9 cm³/mol. The van der Waals surface area contributed by atoms with E-state index in [0.29, 0.717) is 6.04 Å². The molecule has 0 unspecified atom stereocenters. The summed E-state index contributed by atoms with van der Waals surface area (Å²) in [6, 6.07) is 11.5. The van der Waals surface area contributed by atoms with Gasteiger partial charge in [0.05, 0.1) is 11.5 Å². The second-order valence-corrected chi connectivity index (χ2v) is 6.64. The van der Waals surface area contributed by atoms with Crippen molar-refractivity contribution in [3.8, 4) is 6.07 Å². The maximum absolute atomic E-state index is 9.13. The van der Waals surface area contributed by atoms with Gasteiger partial charge in [-0.1, -0.05) is 26.0 Å². The molecule has 0 amide bonds. The fourth-order valence-corrected chi connectivity index (χ4v) is 2.41. The number of fused-ring (bicyclic) bond motifs is 1. The van der Waals surface area contributed by atoms with Gasteiger partial charge in [-0.25, -0.2) is 0 Å². The first-order valence-corrected chi connectivity index (χ1v) is 7.64. The molecule has 0 saturated heterocycles. The zero-order valence-corrected chi connectivity index (χ0v) is 13.5. The molecule has 1 N–H and O–H groups in total. The van der Waals surface area contributed by atoms with Crippen LogP contribution in [0.1, 0.15) is 39.7 Å². The maximum atomic E-state index is 9.13. The topological polar surface area (TPSA) is 40.8 Å². The molecule has 21 heavy (non-hydrogen) atoms. The molecule has 0 bridgehead atoms. The second kappa shape index (κ2) is 6.32. The Balaban J connectivity index is 2.20. The average Bonchev–Trinajstić information content (AvgIpc) is 2.86. The van der Waals surface area contributed by atoms with Crippen LogP contribution < -0.4 is 5.32 Å². The summed E-state index contributed by atoms with van der Waals surface area (Å²) in [5.74, 6) is 0. The molecule has 0 aliphatic heterocycles. The molecular weight excluding hydrogens is 258 g/mol. The van der Waals surface area contributed by atoms with Gasteiger partial charge in [-0.05, 0) is 38.0 Å². The van der Waals surface area contributed by atoms with E-state index in [0.717, 1.165) is 19.5 Å². The Morgan fingerprint density at radius 3 is 2.71 bits per heavy atom. The Labute approximate surface area is 127 Å². The lowest BCUT2D eigenvalue weighted by Crippen LogP contribution is -2.21. The highest BCUT2D eigenvalue weighted by atomic mass is 15.0. The Bertz CT molecular complexity index is 644. The minimum atomic E-state index is -0.270. The summed E-state index contributed by atoms with van der Waals surface area (Å²) in [5, 5.41) is 13.9. The van der Waals surface area contributed by atoms with E-state index in [2.05, 4.69) is 60.3 Å². The van der Waals surface area contributed by atoms with Gasteiger partial charge in [0.1, 0.15) is 0 Å². The summed E-state index contributed by atoms with van der Waals surface area (Å²) in [5.41, 5.74) is 2.32. The first-order valence-electron chi connectivity index (χ1n) is 7.64. The van der Waals surface area contributed by atoms with Crippen molar-refractivity contribution in [2.24, 2.45) is 5.41 Å². The van der Waals surface area contributed by atoms with Gasteiger partial charge in [-0.2, -0.15) is 5.26 Å². The van der Waals surface area contributed by atoms with Gasteiger partial charge in [0.15, 0.2) is 0 Å². The van der Waals surface area contributed by atoms with Crippen LogP contribution in [0.5, 0.6) is 0 Å². The molecule has 1 heterocycles. The molecule has 3 nitrogen and oxygen atoms in total. The number of aromatic nitrogens is 1. The largest absolute Gasteiger partial charge is 0.347 e. The minimum Gasteiger partial charge on any atom is -0.347 e. The lowest BCUT2D eigenvalue weighted by atomic mass is 9.91. The van der Waals surface area contributed by atoms with E-state index in [9.17, 15) is 0 Å². The van der Waals surface area contributed by atoms with E-state index >= 15 is 0 Å². The number of nitrogens with one attached hydrogen (secondary N) is 1. The van der Waals surface area contributed by atoms with E-state index < -0.39 is 0 Å². The predicted octanol–water partition coefficient (Wildman–Crippen LogP) is 4.08. The first kappa shape index (κ1) is 15.6. The van der Waals surface area contributed by atoms with Crippen LogP contribution in [-0.4, -0.2) is 10.6 Å². The third-order valence-corrected chi connectivity index (χ3v) is 3.89. The minimum absolute atomic E-state index is 0.270. The number of benzene rings is 1. The van der Waals surface area contributed by atoms with Gasteiger partial charge in [-0.3, -0.25) is 0 Å². The van der Waals surface area contributed by atoms with Crippen molar-refractivity contribution in [2.45, 2.75) is 53.2 Å². The second-order valence-electron chi connectivity index (χ2n) is 6.64. The molecule has 0 aliphatic carbocycles. The van der Waals surface area contributed by atoms with Crippen LogP contribution >= 0.6 is 0 Å². The third kappa shape index (κ3) is 3.86. The Kier molecular flexibility index (Phi) is 4.69. The molecule has 0 atom stereocenters. The van der Waals surface area contributed by atoms with Crippen LogP contribution in [0.3, 0.4) is 0 Å². The molecule has 0 aliphatic rings. The smallest absolute Gasteiger partial charge is 0.0684 e. The molecule has 0 spiro atoms. The highest BCUT2D eigenvalue weighted by molar-refractivity contribution is 5.83. The maximum Gasteiger partial charge on any atom is 0.0684 e. The van der Waals surface area contributed by atoms with Gasteiger partial charge in [0.2, 0.25) is 0 Å². The molecule has 0 radical (unpaired) electrons. The SMILES string of the molecule is CC(C)NCc1cccc2c1ccn2CCC(C)(C)C#N. The number of hydrogen-bond donors (Lipinski definition) is 1. The van der Waals surface area contributed by atoms with Gasteiger partial charge in [0.25, 0.3) is 0 Å². The molecule has 1 aromatic carbocycles. The third-order valence-electron chi connectivity index (χ3n) is 3.89. The van der Waals surface area contributed by atoms with E-state index in [1.807, 2.05) is 13.8 Å². The molecule has 3 heteroatoms. The number of rotatable bonds is 6. The van der Waals surface area contributed by atoms with Crippen molar-refractivity contribution >= 4 is 10.9 Å². The standard InChI is InChI=1S/C18H25N3/c1-14(2)20-12-15-6-5-7-17-16(15)8-10-21(17)11-9-18(3,4)13-19/h5-8,10,14,20H,9,11-12H2,1-4H3. The number of nitrogens with zero attached hydrogens (tertiary/aromatic N) is 2. The molecule has 112 valence electrons. The van der Waals surface area contributed by atoms with Gasteiger partial charge < -0.3 is 9.88 Å². The van der Waals surface area contributed by atoms with E-state index in [1.54, 1.807) is 0 Å². The summed E-state index contributed by atoms with van der Waals surface area (Å²) >= 11 is 0. The normalized spacial score (nSPS) is 12.0. The van der Waals surface area contributed by atoms with Crippen LogP contribution in [0.15, 0.2) is 30.5 Å². The van der Waals surface area contributed by atoms with Crippen molar-refractivity contribution in [2.75, 3.05) is 0 Å². The number of aryl methyl sites for hydroxylation is 1. The van der Waals surface area contributed by atoms with Gasteiger partial charge >= 0.3 is 0 Å². The quantitative estimate of drug-likeness (QED) is 0.868. The van der Waals surface area contributed by atoms with Crippen molar-refractivity contribution in [1.29, 1.82) is 5.26 Å². The fourth-order valence-electron chi connectivity index (χ4n) is 2.41. The van der Waals surface area contributed by atoms with Crippen molar-refractivity contribution in [3.63, 3.8) is 0 Å². The van der Waals surface area contributed by atoms with Crippen molar-refractivity contribution in [3.05, 3.63) is 36.0 Å². The molecule has 2 rings (SSSR count). The van der Waals surface area contributed by atoms with Crippen LogP contribution in [0, 0.1) is 16.7 Å². The number of hydrogen-bond acceptors (Lipinski definition) is 2. The van der Waals surface area contributed by atoms with Crippen molar-refractivity contribution in [1.82, 2.24) is 9.88 Å². The van der Waals surface area contributed by atoms with Crippen LogP contribution in [0.4, 0.5) is 0 Å². The Morgan fingerprint density at radius 1 is 1.29 bits per heavy atom. The summed E-state index contributed by atoms with van der Waals surface area (Å²) in [6.07, 6.45) is 3.00. The molecule has 0 fully saturated rings. The summed E-state index contributed by atoms with van der Waals surface area (Å²) in [4.78, 5) is 0. The van der Waals surface area contributed by atoms with E-state index in [4.69, 9.17) is 5.26 Å². The lowest BCUT2D eigenvalue weighted by molar-refractivity contribution is 0.417. The zero-order valence-electron chi connectivity index (χ0n) is 13.5. The van der Waals surface area contributed by atoms with Crippen LogP contribution in [0.2, 0.25) is 0 Å². The molecular formula is C18H25N3. The Hall–Kier alpha value is -1.79. The highest BCUT2D eigenvalue weighted by Crippen LogP contribution is 2.24. The lowest BCUT2D eigenvalue weighted by Gasteiger charge is -2.16. The zero-order chi connectivity index (χ0) is 15.5. The van der Waals surface area contributed by atoms with Crippen LogP contribution in [-0.2, 0) is 13.1 Å². The summed E-state index contributed by atoms with van der Waals surface area (Å²) in [6.45, 7) is 10.1. The molecule has 0 saturated carbocycles. The summed E-state index contributed by atoms with van der Waals surface area (Å²) < 4.78 is 2.26. The van der Waals surface area contributed by atoms with Gasteiger partial charge in [0, 0.05) is 36.2 Å². The first-order chi connectivity index (χ1) is 9.93. The van der Waals surface area contributed by atoms with Gasteiger partial charge in [-0.15, -0.1) is 0 Å². The Morgan fingerprint density at radius 2 is 2.05 bits per heavy atom. The summed E-state index contributed by atoms with van der Waals surface area (Å²) in [7, 11) is 0.